The van der Waals surface area contributed by atoms with Crippen LogP contribution < -0.4 is 0 Å². The van der Waals surface area contributed by atoms with Crippen LogP contribution in [0.4, 0.5) is 0 Å². The maximum atomic E-state index is 5.26. The number of rotatable bonds is 2. The van der Waals surface area contributed by atoms with Crippen LogP contribution in [0.1, 0.15) is 6.42 Å². The molecule has 0 spiro atoms. The van der Waals surface area contributed by atoms with E-state index in [1.807, 2.05) is 0 Å². The van der Waals surface area contributed by atoms with Crippen LogP contribution in [0, 0.1) is 0 Å². The summed E-state index contributed by atoms with van der Waals surface area (Å²) in [5, 5.41) is 0. The van der Waals surface area contributed by atoms with E-state index in [-0.39, 0.29) is 0 Å². The lowest BCUT2D eigenvalue weighted by atomic mass is 10.2. The van der Waals surface area contributed by atoms with E-state index in [0.717, 1.165) is 38.4 Å². The molecule has 2 aliphatic rings. The number of hydrogen-bond donors (Lipinski definition) is 0. The monoisotopic (exact) mass is 220 g/mol. The van der Waals surface area contributed by atoms with Gasteiger partial charge in [0.2, 0.25) is 0 Å². The highest BCUT2D eigenvalue weighted by Gasteiger charge is 2.14. The Morgan fingerprint density at radius 1 is 1.12 bits per heavy atom. The van der Waals surface area contributed by atoms with Gasteiger partial charge < -0.3 is 14.5 Å². The van der Waals surface area contributed by atoms with Crippen LogP contribution in [0.15, 0.2) is 35.8 Å². The molecule has 2 rings (SSSR count). The van der Waals surface area contributed by atoms with E-state index in [9.17, 15) is 0 Å². The number of nitrogens with zero attached hydrogens (tertiary/aromatic N) is 2. The molecule has 1 aliphatic carbocycles. The van der Waals surface area contributed by atoms with Crippen molar-refractivity contribution >= 4 is 0 Å². The number of allylic oxidation sites excluding steroid dienone is 4. The molecule has 0 bridgehead atoms. The van der Waals surface area contributed by atoms with Crippen molar-refractivity contribution in [3.63, 3.8) is 0 Å². The van der Waals surface area contributed by atoms with E-state index in [1.54, 1.807) is 7.11 Å². The van der Waals surface area contributed by atoms with E-state index in [4.69, 9.17) is 4.74 Å². The first-order chi connectivity index (χ1) is 7.79. The van der Waals surface area contributed by atoms with Gasteiger partial charge in [-0.3, -0.25) is 0 Å². The molecule has 0 aromatic heterocycles. The van der Waals surface area contributed by atoms with E-state index < -0.39 is 0 Å². The molecule has 0 radical (unpaired) electrons. The predicted octanol–water partition coefficient (Wildman–Crippen LogP) is 1.61. The molecule has 88 valence electrons. The molecule has 1 saturated heterocycles. The highest BCUT2D eigenvalue weighted by Crippen LogP contribution is 2.16. The van der Waals surface area contributed by atoms with Crippen molar-refractivity contribution in [2.45, 2.75) is 6.42 Å². The third-order valence-corrected chi connectivity index (χ3v) is 3.18. The van der Waals surface area contributed by atoms with Crippen LogP contribution in [-0.4, -0.2) is 50.1 Å². The summed E-state index contributed by atoms with van der Waals surface area (Å²) >= 11 is 0. The number of piperazine rings is 1. The molecule has 0 unspecified atom stereocenters. The molecule has 1 fully saturated rings. The maximum Gasteiger partial charge on any atom is 0.0993 e. The van der Waals surface area contributed by atoms with Crippen molar-refractivity contribution in [1.29, 1.82) is 0 Å². The predicted molar refractivity (Wildman–Crippen MR) is 66.0 cm³/mol. The minimum absolute atomic E-state index is 0.893. The zero-order valence-corrected chi connectivity index (χ0v) is 10.1. The second-order valence-corrected chi connectivity index (χ2v) is 4.33. The molecule has 0 N–H and O–H groups in total. The molecule has 16 heavy (non-hydrogen) atoms. The quantitative estimate of drug-likeness (QED) is 0.703. The molecule has 1 heterocycles. The minimum Gasteiger partial charge on any atom is -0.501 e. The topological polar surface area (TPSA) is 15.7 Å². The fraction of sp³-hybridized carbons (Fsp3) is 0.538. The van der Waals surface area contributed by atoms with Gasteiger partial charge in [-0.25, -0.2) is 0 Å². The first-order valence-electron chi connectivity index (χ1n) is 5.84. The van der Waals surface area contributed by atoms with Crippen LogP contribution in [0.25, 0.3) is 0 Å². The van der Waals surface area contributed by atoms with Crippen molar-refractivity contribution in [3.05, 3.63) is 35.8 Å². The van der Waals surface area contributed by atoms with Crippen molar-refractivity contribution in [3.8, 4) is 0 Å². The van der Waals surface area contributed by atoms with E-state index in [2.05, 4.69) is 41.2 Å². The van der Waals surface area contributed by atoms with Gasteiger partial charge in [0, 0.05) is 38.3 Å². The first kappa shape index (κ1) is 11.3. The van der Waals surface area contributed by atoms with Crippen molar-refractivity contribution < 1.29 is 4.74 Å². The zero-order valence-electron chi connectivity index (χ0n) is 10.1. The fourth-order valence-electron chi connectivity index (χ4n) is 2.02. The van der Waals surface area contributed by atoms with Crippen LogP contribution in [0.2, 0.25) is 0 Å². The Bertz CT molecular complexity index is 323. The maximum absolute atomic E-state index is 5.26. The van der Waals surface area contributed by atoms with E-state index in [0.29, 0.717) is 0 Å². The summed E-state index contributed by atoms with van der Waals surface area (Å²) in [6.45, 7) is 4.52. The third-order valence-electron chi connectivity index (χ3n) is 3.18. The van der Waals surface area contributed by atoms with E-state index in [1.165, 1.54) is 5.70 Å². The van der Waals surface area contributed by atoms with Gasteiger partial charge in [-0.1, -0.05) is 6.08 Å². The van der Waals surface area contributed by atoms with Crippen LogP contribution in [0.3, 0.4) is 0 Å². The molecule has 0 amide bonds. The van der Waals surface area contributed by atoms with Gasteiger partial charge in [0.1, 0.15) is 0 Å². The molecule has 3 heteroatoms. The molecule has 0 saturated carbocycles. The SMILES string of the molecule is COC1=CC=C(N2CCN(C)CC2)C=CC1. The largest absolute Gasteiger partial charge is 0.501 e. The van der Waals surface area contributed by atoms with Gasteiger partial charge in [-0.05, 0) is 25.3 Å². The molecule has 0 atom stereocenters. The highest BCUT2D eigenvalue weighted by molar-refractivity contribution is 5.28. The molecule has 1 aliphatic heterocycles. The second-order valence-electron chi connectivity index (χ2n) is 4.33. The molecular weight excluding hydrogens is 200 g/mol. The van der Waals surface area contributed by atoms with Crippen LogP contribution >= 0.6 is 0 Å². The summed E-state index contributed by atoms with van der Waals surface area (Å²) in [6.07, 6.45) is 9.51. The minimum atomic E-state index is 0.893. The Balaban J connectivity index is 2.04. The van der Waals surface area contributed by atoms with Crippen LogP contribution in [0.5, 0.6) is 0 Å². The standard InChI is InChI=1S/C13H20N2O/c1-14-8-10-15(11-9-14)12-4-3-5-13(16-2)7-6-12/h3-4,6-7H,5,8-11H2,1-2H3. The molecule has 0 aromatic rings. The van der Waals surface area contributed by atoms with Gasteiger partial charge in [0.15, 0.2) is 0 Å². The lowest BCUT2D eigenvalue weighted by molar-refractivity contribution is 0.190. The summed E-state index contributed by atoms with van der Waals surface area (Å²) in [5.74, 6) is 1.03. The Hall–Kier alpha value is -1.22. The van der Waals surface area contributed by atoms with Gasteiger partial charge in [-0.15, -0.1) is 0 Å². The summed E-state index contributed by atoms with van der Waals surface area (Å²) in [6, 6.07) is 0. The summed E-state index contributed by atoms with van der Waals surface area (Å²) in [5.41, 5.74) is 1.31. The van der Waals surface area contributed by atoms with E-state index >= 15 is 0 Å². The van der Waals surface area contributed by atoms with Crippen LogP contribution in [-0.2, 0) is 4.74 Å². The smallest absolute Gasteiger partial charge is 0.0993 e. The first-order valence-corrected chi connectivity index (χ1v) is 5.84. The summed E-state index contributed by atoms with van der Waals surface area (Å²) < 4.78 is 5.26. The highest BCUT2D eigenvalue weighted by atomic mass is 16.5. The van der Waals surface area contributed by atoms with Crippen molar-refractivity contribution in [1.82, 2.24) is 9.80 Å². The second kappa shape index (κ2) is 5.21. The number of likely N-dealkylation sites (N-methyl/N-ethyl adjacent to an activating group) is 1. The normalized spacial score (nSPS) is 22.5. The molecule has 3 nitrogen and oxygen atoms in total. The number of methoxy groups -OCH3 is 1. The summed E-state index contributed by atoms with van der Waals surface area (Å²) in [4.78, 5) is 4.81. The Kier molecular flexibility index (Phi) is 3.67. The van der Waals surface area contributed by atoms with Gasteiger partial charge in [-0.2, -0.15) is 0 Å². The van der Waals surface area contributed by atoms with Gasteiger partial charge in [0.05, 0.1) is 12.9 Å². The number of hydrogen-bond acceptors (Lipinski definition) is 3. The fourth-order valence-corrected chi connectivity index (χ4v) is 2.02. The zero-order chi connectivity index (χ0) is 11.4. The summed E-state index contributed by atoms with van der Waals surface area (Å²) in [7, 11) is 3.91. The van der Waals surface area contributed by atoms with Crippen molar-refractivity contribution in [2.24, 2.45) is 0 Å². The Morgan fingerprint density at radius 2 is 1.88 bits per heavy atom. The lowest BCUT2D eigenvalue weighted by Gasteiger charge is -2.34. The van der Waals surface area contributed by atoms with Gasteiger partial charge in [0.25, 0.3) is 0 Å². The van der Waals surface area contributed by atoms with Crippen molar-refractivity contribution in [2.75, 3.05) is 40.3 Å². The van der Waals surface area contributed by atoms with Gasteiger partial charge >= 0.3 is 0 Å². The number of ether oxygens (including phenoxy) is 1. The lowest BCUT2D eigenvalue weighted by Crippen LogP contribution is -2.43. The average molecular weight is 220 g/mol. The Labute approximate surface area is 97.7 Å². The molecular formula is C13H20N2O. The molecule has 0 aromatic carbocycles. The average Bonchev–Trinajstić information content (AvgIpc) is 2.55. The Morgan fingerprint density at radius 3 is 2.56 bits per heavy atom. The third kappa shape index (κ3) is 2.67.